The normalized spacial score (nSPS) is 11.8. The molecule has 0 heterocycles. The maximum atomic E-state index is 5.17. The molecule has 0 unspecified atom stereocenters. The van der Waals surface area contributed by atoms with Crippen molar-refractivity contribution in [3.05, 3.63) is 12.7 Å². The Hall–Kier alpha value is -0.780. The summed E-state index contributed by atoms with van der Waals surface area (Å²) in [7, 11) is 0. The quantitative estimate of drug-likeness (QED) is 0.371. The Morgan fingerprint density at radius 1 is 1.08 bits per heavy atom. The molecule has 0 amide bonds. The monoisotopic (exact) mass is 182 g/mol. The van der Waals surface area contributed by atoms with E-state index in [1.165, 1.54) is 6.08 Å². The SMILES string of the molecule is C=CC#CC(C)(C)OOC(C)(C)C. The summed E-state index contributed by atoms with van der Waals surface area (Å²) in [5, 5.41) is 0. The van der Waals surface area contributed by atoms with E-state index in [0.717, 1.165) is 0 Å². The Labute approximate surface area is 80.9 Å². The van der Waals surface area contributed by atoms with E-state index < -0.39 is 5.60 Å². The number of hydrogen-bond donors (Lipinski definition) is 0. The fraction of sp³-hybridized carbons (Fsp3) is 0.636. The summed E-state index contributed by atoms with van der Waals surface area (Å²) in [5.74, 6) is 5.60. The van der Waals surface area contributed by atoms with Crippen molar-refractivity contribution in [3.8, 4) is 11.8 Å². The number of hydrogen-bond acceptors (Lipinski definition) is 2. The molecule has 13 heavy (non-hydrogen) atoms. The lowest BCUT2D eigenvalue weighted by atomic mass is 10.1. The van der Waals surface area contributed by atoms with E-state index in [1.807, 2.05) is 34.6 Å². The van der Waals surface area contributed by atoms with Crippen LogP contribution >= 0.6 is 0 Å². The fourth-order valence-corrected chi connectivity index (χ4v) is 0.475. The zero-order valence-electron chi connectivity index (χ0n) is 9.10. The average Bonchev–Trinajstić information content (AvgIpc) is 1.97. The fourth-order valence-electron chi connectivity index (χ4n) is 0.475. The van der Waals surface area contributed by atoms with Gasteiger partial charge in [0.1, 0.15) is 0 Å². The zero-order valence-corrected chi connectivity index (χ0v) is 9.10. The molecule has 2 heteroatoms. The smallest absolute Gasteiger partial charge is 0.158 e. The van der Waals surface area contributed by atoms with Crippen LogP contribution in [0.1, 0.15) is 34.6 Å². The lowest BCUT2D eigenvalue weighted by molar-refractivity contribution is -0.384. The highest BCUT2D eigenvalue weighted by molar-refractivity contribution is 5.18. The van der Waals surface area contributed by atoms with Gasteiger partial charge < -0.3 is 0 Å². The second-order valence-electron chi connectivity index (χ2n) is 4.26. The van der Waals surface area contributed by atoms with Gasteiger partial charge in [-0.05, 0) is 40.7 Å². The van der Waals surface area contributed by atoms with Crippen molar-refractivity contribution in [3.63, 3.8) is 0 Å². The van der Waals surface area contributed by atoms with Gasteiger partial charge in [-0.1, -0.05) is 18.4 Å². The highest BCUT2D eigenvalue weighted by Crippen LogP contribution is 2.14. The van der Waals surface area contributed by atoms with E-state index in [-0.39, 0.29) is 5.60 Å². The van der Waals surface area contributed by atoms with Crippen LogP contribution in [-0.4, -0.2) is 11.2 Å². The largest absolute Gasteiger partial charge is 0.229 e. The minimum Gasteiger partial charge on any atom is -0.229 e. The first-order chi connectivity index (χ1) is 5.77. The van der Waals surface area contributed by atoms with Crippen LogP contribution in [0.3, 0.4) is 0 Å². The molecule has 0 saturated carbocycles. The van der Waals surface area contributed by atoms with Crippen molar-refractivity contribution in [1.82, 2.24) is 0 Å². The van der Waals surface area contributed by atoms with Gasteiger partial charge in [0, 0.05) is 0 Å². The second kappa shape index (κ2) is 4.45. The Morgan fingerprint density at radius 2 is 1.62 bits per heavy atom. The molecule has 2 nitrogen and oxygen atoms in total. The molecular weight excluding hydrogens is 164 g/mol. The topological polar surface area (TPSA) is 18.5 Å². The van der Waals surface area contributed by atoms with Gasteiger partial charge in [0.2, 0.25) is 0 Å². The molecule has 0 bridgehead atoms. The first-order valence-corrected chi connectivity index (χ1v) is 4.27. The van der Waals surface area contributed by atoms with Crippen molar-refractivity contribution in [2.75, 3.05) is 0 Å². The molecule has 74 valence electrons. The first-order valence-electron chi connectivity index (χ1n) is 4.27. The summed E-state index contributed by atoms with van der Waals surface area (Å²) < 4.78 is 0. The summed E-state index contributed by atoms with van der Waals surface area (Å²) in [6.45, 7) is 12.9. The van der Waals surface area contributed by atoms with Crippen LogP contribution in [0.25, 0.3) is 0 Å². The van der Waals surface area contributed by atoms with Crippen molar-refractivity contribution in [2.45, 2.75) is 45.8 Å². The molecule has 0 fully saturated rings. The van der Waals surface area contributed by atoms with Crippen LogP contribution in [0, 0.1) is 11.8 Å². The highest BCUT2D eigenvalue weighted by Gasteiger charge is 2.21. The van der Waals surface area contributed by atoms with Gasteiger partial charge in [0.25, 0.3) is 0 Å². The molecule has 0 aromatic heterocycles. The Bertz CT molecular complexity index is 223. The first kappa shape index (κ1) is 12.2. The van der Waals surface area contributed by atoms with E-state index in [0.29, 0.717) is 0 Å². The molecule has 0 rings (SSSR count). The predicted molar refractivity (Wildman–Crippen MR) is 54.0 cm³/mol. The summed E-state index contributed by atoms with van der Waals surface area (Å²) >= 11 is 0. The molecular formula is C11H18O2. The highest BCUT2D eigenvalue weighted by atomic mass is 17.2. The maximum Gasteiger partial charge on any atom is 0.158 e. The Morgan fingerprint density at radius 3 is 2.00 bits per heavy atom. The van der Waals surface area contributed by atoms with Gasteiger partial charge >= 0.3 is 0 Å². The number of allylic oxidation sites excluding steroid dienone is 1. The maximum absolute atomic E-state index is 5.17. The van der Waals surface area contributed by atoms with E-state index in [4.69, 9.17) is 9.78 Å². The molecule has 0 aromatic rings. The van der Waals surface area contributed by atoms with Gasteiger partial charge in [-0.3, -0.25) is 0 Å². The van der Waals surface area contributed by atoms with Crippen molar-refractivity contribution < 1.29 is 9.78 Å². The van der Waals surface area contributed by atoms with Crippen LogP contribution in [0.4, 0.5) is 0 Å². The van der Waals surface area contributed by atoms with Crippen molar-refractivity contribution in [1.29, 1.82) is 0 Å². The minimum absolute atomic E-state index is 0.312. The van der Waals surface area contributed by atoms with Crippen molar-refractivity contribution in [2.24, 2.45) is 0 Å². The van der Waals surface area contributed by atoms with Crippen LogP contribution in [0.5, 0.6) is 0 Å². The van der Waals surface area contributed by atoms with Gasteiger partial charge in [-0.25, -0.2) is 9.78 Å². The van der Waals surface area contributed by atoms with E-state index in [2.05, 4.69) is 18.4 Å². The molecule has 0 aromatic carbocycles. The van der Waals surface area contributed by atoms with Crippen LogP contribution in [-0.2, 0) is 9.78 Å². The van der Waals surface area contributed by atoms with Crippen LogP contribution < -0.4 is 0 Å². The third-order valence-corrected chi connectivity index (χ3v) is 0.975. The standard InChI is InChI=1S/C11H18O2/c1-7-8-9-11(5,6)13-12-10(2,3)4/h7H,1H2,2-6H3. The third-order valence-electron chi connectivity index (χ3n) is 0.975. The van der Waals surface area contributed by atoms with Gasteiger partial charge in [-0.2, -0.15) is 0 Å². The molecule has 0 aliphatic rings. The molecule has 0 atom stereocenters. The number of rotatable bonds is 2. The Kier molecular flexibility index (Phi) is 4.19. The third kappa shape index (κ3) is 7.58. The Balaban J connectivity index is 4.11. The van der Waals surface area contributed by atoms with E-state index in [1.54, 1.807) is 0 Å². The molecule has 0 spiro atoms. The minimum atomic E-state index is -0.596. The van der Waals surface area contributed by atoms with Crippen molar-refractivity contribution >= 4 is 0 Å². The van der Waals surface area contributed by atoms with Gasteiger partial charge in [0.05, 0.1) is 5.60 Å². The summed E-state index contributed by atoms with van der Waals surface area (Å²) in [5.41, 5.74) is -0.908. The van der Waals surface area contributed by atoms with Gasteiger partial charge in [0.15, 0.2) is 5.60 Å². The van der Waals surface area contributed by atoms with Crippen LogP contribution in [0.15, 0.2) is 12.7 Å². The van der Waals surface area contributed by atoms with Crippen LogP contribution in [0.2, 0.25) is 0 Å². The van der Waals surface area contributed by atoms with E-state index in [9.17, 15) is 0 Å². The second-order valence-corrected chi connectivity index (χ2v) is 4.26. The molecule has 0 radical (unpaired) electrons. The van der Waals surface area contributed by atoms with Gasteiger partial charge in [-0.15, -0.1) is 0 Å². The predicted octanol–water partition coefficient (Wildman–Crippen LogP) is 2.70. The lowest BCUT2D eigenvalue weighted by Crippen LogP contribution is -2.29. The van der Waals surface area contributed by atoms with E-state index >= 15 is 0 Å². The molecule has 0 saturated heterocycles. The lowest BCUT2D eigenvalue weighted by Gasteiger charge is -2.24. The summed E-state index contributed by atoms with van der Waals surface area (Å²) in [6.07, 6.45) is 1.53. The molecule has 0 N–H and O–H groups in total. The summed E-state index contributed by atoms with van der Waals surface area (Å²) in [6, 6.07) is 0. The summed E-state index contributed by atoms with van der Waals surface area (Å²) in [4.78, 5) is 10.3. The average molecular weight is 182 g/mol. The molecule has 0 aliphatic heterocycles. The molecule has 0 aliphatic carbocycles. The zero-order chi connectivity index (χ0) is 10.5.